The lowest BCUT2D eigenvalue weighted by atomic mass is 9.84. The molecule has 0 radical (unpaired) electrons. The van der Waals surface area contributed by atoms with Crippen molar-refractivity contribution >= 4 is 5.97 Å². The Morgan fingerprint density at radius 1 is 1.43 bits per heavy atom. The zero-order chi connectivity index (χ0) is 11.6. The van der Waals surface area contributed by atoms with E-state index in [0.29, 0.717) is 0 Å². The number of nitrogens with two attached hydrogens (primary N) is 1. The molecule has 0 heterocycles. The largest absolute Gasteiger partial charge is 0.468 e. The molecule has 5 heteroatoms. The summed E-state index contributed by atoms with van der Waals surface area (Å²) in [5.41, 5.74) is 4.05. The van der Waals surface area contributed by atoms with Crippen molar-refractivity contribution in [3.8, 4) is 0 Å². The van der Waals surface area contributed by atoms with E-state index in [-0.39, 0.29) is 0 Å². The Hall–Kier alpha value is -0.710. The molecule has 0 saturated carbocycles. The molecule has 2 N–H and O–H groups in total. The Labute approximate surface area is 82.6 Å². The molecule has 14 heavy (non-hydrogen) atoms. The maximum atomic E-state index is 13.4. The molecule has 0 aliphatic rings. The van der Waals surface area contributed by atoms with Gasteiger partial charge in [0.25, 0.3) is 5.92 Å². The summed E-state index contributed by atoms with van der Waals surface area (Å²) in [6.07, 6.45) is -0.691. The van der Waals surface area contributed by atoms with Gasteiger partial charge in [-0.15, -0.1) is 0 Å². The van der Waals surface area contributed by atoms with Gasteiger partial charge in [0.1, 0.15) is 6.04 Å². The number of hydrogen-bond donors (Lipinski definition) is 1. The number of carbonyl (C=O) groups excluding carboxylic acids is 1. The van der Waals surface area contributed by atoms with Crippen LogP contribution >= 0.6 is 0 Å². The van der Waals surface area contributed by atoms with E-state index in [2.05, 4.69) is 4.74 Å². The van der Waals surface area contributed by atoms with Gasteiger partial charge in [-0.3, -0.25) is 4.79 Å². The average Bonchev–Trinajstić information content (AvgIpc) is 2.00. The van der Waals surface area contributed by atoms with Gasteiger partial charge in [-0.05, 0) is 0 Å². The van der Waals surface area contributed by atoms with Gasteiger partial charge in [0.05, 0.1) is 7.11 Å². The van der Waals surface area contributed by atoms with E-state index in [1.165, 1.54) is 20.8 Å². The van der Waals surface area contributed by atoms with E-state index in [1.807, 2.05) is 0 Å². The predicted molar refractivity (Wildman–Crippen MR) is 49.0 cm³/mol. The fourth-order valence-electron chi connectivity index (χ4n) is 0.817. The minimum atomic E-state index is -2.99. The van der Waals surface area contributed by atoms with Crippen molar-refractivity contribution in [1.82, 2.24) is 0 Å². The molecule has 0 aromatic carbocycles. The quantitative estimate of drug-likeness (QED) is 0.717. The van der Waals surface area contributed by atoms with Crippen LogP contribution in [0.3, 0.4) is 0 Å². The van der Waals surface area contributed by atoms with Crippen LogP contribution in [0.2, 0.25) is 0 Å². The number of rotatable bonds is 3. The van der Waals surface area contributed by atoms with Crippen LogP contribution in [0.25, 0.3) is 0 Å². The number of methoxy groups -OCH3 is 1. The molecule has 84 valence electrons. The van der Waals surface area contributed by atoms with E-state index in [9.17, 15) is 13.6 Å². The first kappa shape index (κ1) is 13.3. The van der Waals surface area contributed by atoms with Gasteiger partial charge in [0.2, 0.25) is 0 Å². The monoisotopic (exact) mass is 209 g/mol. The number of carbonyl (C=O) groups is 1. The van der Waals surface area contributed by atoms with Crippen LogP contribution in [0.15, 0.2) is 0 Å². The Balaban J connectivity index is 4.44. The second-order valence-corrected chi connectivity index (χ2v) is 4.29. The van der Waals surface area contributed by atoms with Gasteiger partial charge >= 0.3 is 5.97 Å². The highest BCUT2D eigenvalue weighted by molar-refractivity contribution is 5.75. The smallest absolute Gasteiger partial charge is 0.322 e. The van der Waals surface area contributed by atoms with Crippen molar-refractivity contribution in [3.63, 3.8) is 0 Å². The molecular weight excluding hydrogens is 192 g/mol. The normalized spacial score (nSPS) is 15.1. The molecule has 3 nitrogen and oxygen atoms in total. The van der Waals surface area contributed by atoms with E-state index in [1.54, 1.807) is 0 Å². The van der Waals surface area contributed by atoms with E-state index in [0.717, 1.165) is 7.11 Å². The average molecular weight is 209 g/mol. The molecule has 0 saturated heterocycles. The van der Waals surface area contributed by atoms with Crippen LogP contribution in [0.4, 0.5) is 8.78 Å². The Morgan fingerprint density at radius 3 is 2.14 bits per heavy atom. The highest BCUT2D eigenvalue weighted by atomic mass is 19.3. The van der Waals surface area contributed by atoms with Crippen LogP contribution in [0.5, 0.6) is 0 Å². The molecule has 0 aliphatic carbocycles. The van der Waals surface area contributed by atoms with E-state index in [4.69, 9.17) is 5.73 Å². The van der Waals surface area contributed by atoms with Crippen LogP contribution in [0.1, 0.15) is 27.2 Å². The van der Waals surface area contributed by atoms with E-state index >= 15 is 0 Å². The molecule has 0 aromatic rings. The summed E-state index contributed by atoms with van der Waals surface area (Å²) in [4.78, 5) is 10.8. The first-order valence-electron chi connectivity index (χ1n) is 4.33. The van der Waals surface area contributed by atoms with E-state index < -0.39 is 29.8 Å². The van der Waals surface area contributed by atoms with Crippen molar-refractivity contribution in [3.05, 3.63) is 0 Å². The fraction of sp³-hybridized carbons (Fsp3) is 0.889. The summed E-state index contributed by atoms with van der Waals surface area (Å²) in [6, 6.07) is -1.27. The van der Waals surface area contributed by atoms with Crippen molar-refractivity contribution in [2.24, 2.45) is 11.1 Å². The van der Waals surface area contributed by atoms with Gasteiger partial charge in [-0.25, -0.2) is 8.78 Å². The topological polar surface area (TPSA) is 52.3 Å². The molecular formula is C9H17F2NO2. The molecule has 0 amide bonds. The molecule has 0 aromatic heterocycles. The van der Waals surface area contributed by atoms with Gasteiger partial charge in [0, 0.05) is 11.8 Å². The number of esters is 1. The highest BCUT2D eigenvalue weighted by Crippen LogP contribution is 2.38. The molecule has 0 aliphatic heterocycles. The van der Waals surface area contributed by atoms with Crippen molar-refractivity contribution in [1.29, 1.82) is 0 Å². The zero-order valence-corrected chi connectivity index (χ0v) is 8.93. The molecule has 0 bridgehead atoms. The third-order valence-corrected chi connectivity index (χ3v) is 2.08. The first-order valence-corrected chi connectivity index (χ1v) is 4.33. The predicted octanol–water partition coefficient (Wildman–Crippen LogP) is 1.56. The Morgan fingerprint density at radius 2 is 1.86 bits per heavy atom. The minimum absolute atomic E-state index is 0.691. The standard InChI is InChI=1S/C9H17F2NO2/c1-8(2,3)9(10,11)5-6(12)7(13)14-4/h6H,5,12H2,1-4H3. The number of ether oxygens (including phenoxy) is 1. The number of halogens is 2. The van der Waals surface area contributed by atoms with Crippen molar-refractivity contribution in [2.75, 3.05) is 7.11 Å². The summed E-state index contributed by atoms with van der Waals surface area (Å²) in [5, 5.41) is 0. The Bertz CT molecular complexity index is 211. The van der Waals surface area contributed by atoms with Crippen LogP contribution in [-0.4, -0.2) is 25.0 Å². The highest BCUT2D eigenvalue weighted by Gasteiger charge is 2.45. The zero-order valence-electron chi connectivity index (χ0n) is 8.93. The summed E-state index contributed by atoms with van der Waals surface area (Å²) < 4.78 is 31.1. The van der Waals surface area contributed by atoms with Gasteiger partial charge in [0.15, 0.2) is 0 Å². The molecule has 0 spiro atoms. The first-order chi connectivity index (χ1) is 6.12. The summed E-state index contributed by atoms with van der Waals surface area (Å²) in [7, 11) is 1.12. The minimum Gasteiger partial charge on any atom is -0.468 e. The van der Waals surface area contributed by atoms with Gasteiger partial charge in [-0.1, -0.05) is 20.8 Å². The maximum Gasteiger partial charge on any atom is 0.322 e. The lowest BCUT2D eigenvalue weighted by Crippen LogP contribution is -2.43. The van der Waals surface area contributed by atoms with Crippen molar-refractivity contribution < 1.29 is 18.3 Å². The van der Waals surface area contributed by atoms with Gasteiger partial charge in [-0.2, -0.15) is 0 Å². The second kappa shape index (κ2) is 4.21. The second-order valence-electron chi connectivity index (χ2n) is 4.29. The maximum absolute atomic E-state index is 13.4. The van der Waals surface area contributed by atoms with Crippen LogP contribution < -0.4 is 5.73 Å². The molecule has 1 unspecified atom stereocenters. The number of alkyl halides is 2. The van der Waals surface area contributed by atoms with Crippen molar-refractivity contribution in [2.45, 2.75) is 39.2 Å². The molecule has 1 atom stereocenters. The molecule has 0 fully saturated rings. The third-order valence-electron chi connectivity index (χ3n) is 2.08. The summed E-state index contributed by atoms with van der Waals surface area (Å²) in [5.74, 6) is -3.80. The molecule has 0 rings (SSSR count). The number of hydrogen-bond acceptors (Lipinski definition) is 3. The van der Waals surface area contributed by atoms with Crippen LogP contribution in [0, 0.1) is 5.41 Å². The SMILES string of the molecule is COC(=O)C(N)CC(F)(F)C(C)(C)C. The lowest BCUT2D eigenvalue weighted by molar-refractivity contribution is -0.149. The Kier molecular flexibility index (Phi) is 4.00. The third kappa shape index (κ3) is 3.21. The summed E-state index contributed by atoms with van der Waals surface area (Å²) in [6.45, 7) is 4.20. The fourth-order valence-corrected chi connectivity index (χ4v) is 0.817. The van der Waals surface area contributed by atoms with Crippen LogP contribution in [-0.2, 0) is 9.53 Å². The lowest BCUT2D eigenvalue weighted by Gasteiger charge is -2.31. The summed E-state index contributed by atoms with van der Waals surface area (Å²) >= 11 is 0. The van der Waals surface area contributed by atoms with Gasteiger partial charge < -0.3 is 10.5 Å².